The maximum atomic E-state index is 10.9. The topological polar surface area (TPSA) is 136 Å². The average Bonchev–Trinajstić information content (AvgIpc) is 2.89. The van der Waals surface area contributed by atoms with Crippen LogP contribution in [-0.4, -0.2) is 25.1 Å². The van der Waals surface area contributed by atoms with Gasteiger partial charge in [0.15, 0.2) is 0 Å². The lowest BCUT2D eigenvalue weighted by molar-refractivity contribution is -0.384. The van der Waals surface area contributed by atoms with Crippen molar-refractivity contribution < 1.29 is 4.92 Å². The van der Waals surface area contributed by atoms with E-state index in [-0.39, 0.29) is 5.69 Å². The number of benzene rings is 1. The molecule has 0 atom stereocenters. The summed E-state index contributed by atoms with van der Waals surface area (Å²) in [6, 6.07) is 4.44. The summed E-state index contributed by atoms with van der Waals surface area (Å²) < 4.78 is 0. The van der Waals surface area contributed by atoms with Crippen LogP contribution in [0, 0.1) is 10.1 Å². The molecule has 0 bridgehead atoms. The fourth-order valence-corrected chi connectivity index (χ4v) is 1.94. The summed E-state index contributed by atoms with van der Waals surface area (Å²) in [6.45, 7) is 0.400. The van der Waals surface area contributed by atoms with Crippen molar-refractivity contribution in [2.45, 2.75) is 6.54 Å². The summed E-state index contributed by atoms with van der Waals surface area (Å²) in [5, 5.41) is 21.0. The number of nitro benzene ring substituents is 1. The number of non-ortho nitro benzene ring substituents is 1. The van der Waals surface area contributed by atoms with Crippen LogP contribution in [0.15, 0.2) is 30.7 Å². The van der Waals surface area contributed by atoms with E-state index in [0.29, 0.717) is 29.1 Å². The maximum absolute atomic E-state index is 10.9. The Morgan fingerprint density at radius 3 is 2.95 bits per heavy atom. The third kappa shape index (κ3) is 2.43. The second-order valence-electron chi connectivity index (χ2n) is 4.34. The molecular formula is C12H11N7O2. The first-order chi connectivity index (χ1) is 10.1. The molecule has 9 nitrogen and oxygen atoms in total. The Morgan fingerprint density at radius 2 is 2.24 bits per heavy atom. The van der Waals surface area contributed by atoms with Gasteiger partial charge in [-0.1, -0.05) is 0 Å². The molecule has 106 valence electrons. The van der Waals surface area contributed by atoms with E-state index in [9.17, 15) is 10.1 Å². The van der Waals surface area contributed by atoms with E-state index in [0.717, 1.165) is 5.56 Å². The predicted octanol–water partition coefficient (Wildman–Crippen LogP) is 1.46. The van der Waals surface area contributed by atoms with Gasteiger partial charge in [-0.3, -0.25) is 15.2 Å². The molecule has 9 heteroatoms. The van der Waals surface area contributed by atoms with Crippen molar-refractivity contribution in [2.75, 3.05) is 11.1 Å². The van der Waals surface area contributed by atoms with Crippen LogP contribution in [0.4, 0.5) is 17.3 Å². The molecule has 2 heterocycles. The Labute approximate surface area is 118 Å². The second-order valence-corrected chi connectivity index (χ2v) is 4.34. The molecule has 3 aromatic rings. The minimum atomic E-state index is -0.454. The standard InChI is InChI=1S/C12H11N7O2/c13-11-7(5-17-18-11)4-14-12-9-3-8(19(20)21)1-2-10(9)15-6-16-12/h1-3,5-6H,4H2,(H3,13,17,18)(H,14,15,16). The number of nitrogens with one attached hydrogen (secondary N) is 2. The molecule has 0 aliphatic heterocycles. The van der Waals surface area contributed by atoms with Crippen molar-refractivity contribution in [3.8, 4) is 0 Å². The molecule has 3 rings (SSSR count). The Balaban J connectivity index is 1.95. The molecule has 0 radical (unpaired) electrons. The molecule has 0 saturated carbocycles. The predicted molar refractivity (Wildman–Crippen MR) is 76.5 cm³/mol. The molecule has 0 aliphatic carbocycles. The van der Waals surface area contributed by atoms with E-state index in [1.807, 2.05) is 0 Å². The Hall–Kier alpha value is -3.23. The average molecular weight is 285 g/mol. The van der Waals surface area contributed by atoms with Crippen molar-refractivity contribution in [1.82, 2.24) is 20.2 Å². The fraction of sp³-hybridized carbons (Fsp3) is 0.0833. The number of fused-ring (bicyclic) bond motifs is 1. The van der Waals surface area contributed by atoms with Crippen LogP contribution in [0.3, 0.4) is 0 Å². The zero-order valence-electron chi connectivity index (χ0n) is 10.8. The van der Waals surface area contributed by atoms with Crippen molar-refractivity contribution in [3.05, 3.63) is 46.4 Å². The summed E-state index contributed by atoms with van der Waals surface area (Å²) >= 11 is 0. The van der Waals surface area contributed by atoms with Gasteiger partial charge in [0.2, 0.25) is 0 Å². The number of nitro groups is 1. The van der Waals surface area contributed by atoms with Gasteiger partial charge in [-0.15, -0.1) is 0 Å². The first-order valence-electron chi connectivity index (χ1n) is 6.06. The Bertz CT molecular complexity index is 814. The van der Waals surface area contributed by atoms with E-state index in [1.54, 1.807) is 12.3 Å². The number of nitrogens with zero attached hydrogens (tertiary/aromatic N) is 4. The SMILES string of the molecule is Nc1[nH]ncc1CNc1ncnc2ccc([N+](=O)[O-])cc12. The Morgan fingerprint density at radius 1 is 1.38 bits per heavy atom. The molecule has 0 aliphatic rings. The highest BCUT2D eigenvalue weighted by molar-refractivity contribution is 5.90. The monoisotopic (exact) mass is 285 g/mol. The van der Waals surface area contributed by atoms with Gasteiger partial charge in [-0.25, -0.2) is 9.97 Å². The maximum Gasteiger partial charge on any atom is 0.270 e. The molecule has 0 unspecified atom stereocenters. The lowest BCUT2D eigenvalue weighted by Crippen LogP contribution is -2.04. The quantitative estimate of drug-likeness (QED) is 0.487. The summed E-state index contributed by atoms with van der Waals surface area (Å²) in [4.78, 5) is 18.6. The van der Waals surface area contributed by atoms with Crippen LogP contribution in [0.25, 0.3) is 10.9 Å². The molecule has 0 saturated heterocycles. The molecule has 2 aromatic heterocycles. The van der Waals surface area contributed by atoms with Crippen LogP contribution in [0.1, 0.15) is 5.56 Å². The van der Waals surface area contributed by atoms with E-state index in [1.165, 1.54) is 18.5 Å². The van der Waals surface area contributed by atoms with E-state index in [2.05, 4.69) is 25.5 Å². The number of aromatic nitrogens is 4. The van der Waals surface area contributed by atoms with Gasteiger partial charge in [0, 0.05) is 29.6 Å². The van der Waals surface area contributed by atoms with Crippen LogP contribution in [0.5, 0.6) is 0 Å². The molecule has 4 N–H and O–H groups in total. The second kappa shape index (κ2) is 5.04. The van der Waals surface area contributed by atoms with Gasteiger partial charge >= 0.3 is 0 Å². The largest absolute Gasteiger partial charge is 0.384 e. The van der Waals surface area contributed by atoms with E-state index < -0.39 is 4.92 Å². The minimum absolute atomic E-state index is 0.0109. The third-order valence-corrected chi connectivity index (χ3v) is 3.03. The highest BCUT2D eigenvalue weighted by atomic mass is 16.6. The minimum Gasteiger partial charge on any atom is -0.384 e. The van der Waals surface area contributed by atoms with Crippen molar-refractivity contribution in [2.24, 2.45) is 0 Å². The summed E-state index contributed by atoms with van der Waals surface area (Å²) in [6.07, 6.45) is 3.00. The number of hydrogen-bond acceptors (Lipinski definition) is 7. The van der Waals surface area contributed by atoms with Crippen LogP contribution in [-0.2, 0) is 6.54 Å². The first-order valence-corrected chi connectivity index (χ1v) is 6.06. The van der Waals surface area contributed by atoms with Gasteiger partial charge in [0.05, 0.1) is 16.6 Å². The molecule has 1 aromatic carbocycles. The molecule has 0 spiro atoms. The smallest absolute Gasteiger partial charge is 0.270 e. The summed E-state index contributed by atoms with van der Waals surface area (Å²) in [7, 11) is 0. The van der Waals surface area contributed by atoms with Crippen LogP contribution in [0.2, 0.25) is 0 Å². The molecule has 0 fully saturated rings. The van der Waals surface area contributed by atoms with Crippen molar-refractivity contribution in [3.63, 3.8) is 0 Å². The highest BCUT2D eigenvalue weighted by Crippen LogP contribution is 2.24. The molecule has 21 heavy (non-hydrogen) atoms. The number of H-pyrrole nitrogens is 1. The summed E-state index contributed by atoms with van der Waals surface area (Å²) in [5.41, 5.74) is 7.10. The zero-order valence-corrected chi connectivity index (χ0v) is 10.8. The normalized spacial score (nSPS) is 10.7. The molecule has 0 amide bonds. The first kappa shape index (κ1) is 12.8. The Kier molecular flexibility index (Phi) is 3.07. The number of hydrogen-bond donors (Lipinski definition) is 3. The summed E-state index contributed by atoms with van der Waals surface area (Å²) in [5.74, 6) is 0.969. The van der Waals surface area contributed by atoms with E-state index in [4.69, 9.17) is 5.73 Å². The van der Waals surface area contributed by atoms with Crippen molar-refractivity contribution >= 4 is 28.2 Å². The molecular weight excluding hydrogens is 274 g/mol. The van der Waals surface area contributed by atoms with E-state index >= 15 is 0 Å². The van der Waals surface area contributed by atoms with Crippen molar-refractivity contribution in [1.29, 1.82) is 0 Å². The zero-order chi connectivity index (χ0) is 14.8. The van der Waals surface area contributed by atoms with Gasteiger partial charge in [-0.2, -0.15) is 5.10 Å². The van der Waals surface area contributed by atoms with Crippen LogP contribution >= 0.6 is 0 Å². The van der Waals surface area contributed by atoms with Gasteiger partial charge in [0.1, 0.15) is 18.0 Å². The number of rotatable bonds is 4. The van der Waals surface area contributed by atoms with Crippen LogP contribution < -0.4 is 11.1 Å². The van der Waals surface area contributed by atoms with Gasteiger partial charge in [0.25, 0.3) is 5.69 Å². The number of anilines is 2. The van der Waals surface area contributed by atoms with Gasteiger partial charge in [-0.05, 0) is 6.07 Å². The lowest BCUT2D eigenvalue weighted by Gasteiger charge is -2.07. The fourth-order valence-electron chi connectivity index (χ4n) is 1.94. The number of aromatic amines is 1. The third-order valence-electron chi connectivity index (χ3n) is 3.03. The number of nitrogen functional groups attached to an aromatic ring is 1. The highest BCUT2D eigenvalue weighted by Gasteiger charge is 2.11. The number of nitrogens with two attached hydrogens (primary N) is 1. The lowest BCUT2D eigenvalue weighted by atomic mass is 10.2. The van der Waals surface area contributed by atoms with Gasteiger partial charge < -0.3 is 11.1 Å².